The Morgan fingerprint density at radius 1 is 1.16 bits per heavy atom. The topological polar surface area (TPSA) is 58.1 Å². The number of aryl methyl sites for hydroxylation is 1. The molecule has 1 N–H and O–H groups in total. The zero-order chi connectivity index (χ0) is 21.4. The average Bonchev–Trinajstić information content (AvgIpc) is 3.41. The van der Waals surface area contributed by atoms with E-state index in [1.54, 1.807) is 23.5 Å². The van der Waals surface area contributed by atoms with E-state index < -0.39 is 5.95 Å². The third-order valence-electron chi connectivity index (χ3n) is 6.42. The fourth-order valence-electron chi connectivity index (χ4n) is 4.56. The first-order valence-electron chi connectivity index (χ1n) is 10.7. The molecule has 160 valence electrons. The van der Waals surface area contributed by atoms with Crippen LogP contribution < -0.4 is 5.32 Å². The molecule has 1 atom stereocenters. The van der Waals surface area contributed by atoms with Gasteiger partial charge in [0, 0.05) is 19.1 Å². The molecule has 1 spiro atoms. The van der Waals surface area contributed by atoms with E-state index in [9.17, 15) is 9.18 Å². The van der Waals surface area contributed by atoms with Crippen molar-refractivity contribution in [2.24, 2.45) is 5.41 Å². The molecule has 1 aromatic carbocycles. The van der Waals surface area contributed by atoms with Gasteiger partial charge in [-0.25, -0.2) is 9.97 Å². The van der Waals surface area contributed by atoms with E-state index in [4.69, 9.17) is 0 Å². The van der Waals surface area contributed by atoms with Gasteiger partial charge >= 0.3 is 0 Å². The molecular formula is C24H25FN4OS. The van der Waals surface area contributed by atoms with Crippen LogP contribution in [0.3, 0.4) is 0 Å². The summed E-state index contributed by atoms with van der Waals surface area (Å²) in [6, 6.07) is 14.7. The highest BCUT2D eigenvalue weighted by Gasteiger charge is 2.49. The van der Waals surface area contributed by atoms with E-state index in [1.807, 2.05) is 42.2 Å². The van der Waals surface area contributed by atoms with Crippen LogP contribution in [-0.2, 0) is 0 Å². The number of benzene rings is 1. The molecule has 3 aromatic rings. The summed E-state index contributed by atoms with van der Waals surface area (Å²) >= 11 is 1.56. The van der Waals surface area contributed by atoms with E-state index in [0.29, 0.717) is 23.5 Å². The van der Waals surface area contributed by atoms with Gasteiger partial charge in [0.25, 0.3) is 5.91 Å². The molecule has 5 nitrogen and oxygen atoms in total. The lowest BCUT2D eigenvalue weighted by Gasteiger charge is -2.40. The Morgan fingerprint density at radius 2 is 1.97 bits per heavy atom. The molecule has 1 aliphatic carbocycles. The average molecular weight is 437 g/mol. The van der Waals surface area contributed by atoms with Crippen molar-refractivity contribution in [2.45, 2.75) is 38.6 Å². The van der Waals surface area contributed by atoms with Crippen molar-refractivity contribution in [1.29, 1.82) is 0 Å². The fraction of sp³-hybridized carbons (Fsp3) is 0.375. The molecule has 2 fully saturated rings. The minimum atomic E-state index is -0.509. The van der Waals surface area contributed by atoms with Gasteiger partial charge in [-0.1, -0.05) is 36.4 Å². The lowest BCUT2D eigenvalue weighted by molar-refractivity contribution is 0.0541. The summed E-state index contributed by atoms with van der Waals surface area (Å²) in [5, 5.41) is 4.13. The molecule has 5 rings (SSSR count). The lowest BCUT2D eigenvalue weighted by atomic mass is 9.87. The highest BCUT2D eigenvalue weighted by atomic mass is 32.1. The molecule has 7 heteroatoms. The van der Waals surface area contributed by atoms with E-state index in [0.717, 1.165) is 34.8 Å². The second-order valence-corrected chi connectivity index (χ2v) is 9.81. The van der Waals surface area contributed by atoms with Gasteiger partial charge in [0.1, 0.15) is 11.5 Å². The van der Waals surface area contributed by atoms with E-state index >= 15 is 0 Å². The third-order valence-corrected chi connectivity index (χ3v) is 7.44. The Kier molecular flexibility index (Phi) is 5.22. The number of aromatic nitrogens is 2. The van der Waals surface area contributed by atoms with Crippen LogP contribution >= 0.6 is 11.3 Å². The van der Waals surface area contributed by atoms with Crippen molar-refractivity contribution in [1.82, 2.24) is 14.9 Å². The number of piperidine rings is 1. The van der Waals surface area contributed by atoms with Gasteiger partial charge in [-0.05, 0) is 55.7 Å². The summed E-state index contributed by atoms with van der Waals surface area (Å²) in [5.41, 5.74) is 1.93. The molecule has 3 heterocycles. The SMILES string of the molecule is Cc1nc(C(=O)N2CCC3(CC3)C[C@H]2CNc2cccc(F)n2)c(-c2ccccc2)s1. The molecule has 31 heavy (non-hydrogen) atoms. The maximum Gasteiger partial charge on any atom is 0.274 e. The number of thiazole rings is 1. The van der Waals surface area contributed by atoms with Crippen molar-refractivity contribution in [3.8, 4) is 10.4 Å². The molecule has 1 aliphatic heterocycles. The van der Waals surface area contributed by atoms with E-state index in [1.165, 1.54) is 18.9 Å². The van der Waals surface area contributed by atoms with Crippen molar-refractivity contribution in [2.75, 3.05) is 18.4 Å². The first-order valence-corrected chi connectivity index (χ1v) is 11.5. The Bertz CT molecular complexity index is 1100. The van der Waals surface area contributed by atoms with E-state index in [2.05, 4.69) is 15.3 Å². The molecular weight excluding hydrogens is 411 g/mol. The molecule has 1 saturated carbocycles. The molecule has 1 amide bonds. The van der Waals surface area contributed by atoms with Crippen LogP contribution in [0.5, 0.6) is 0 Å². The zero-order valence-electron chi connectivity index (χ0n) is 17.5. The minimum Gasteiger partial charge on any atom is -0.368 e. The molecule has 2 aromatic heterocycles. The number of carbonyl (C=O) groups is 1. The Balaban J connectivity index is 1.40. The number of anilines is 1. The van der Waals surface area contributed by atoms with Crippen LogP contribution in [0.2, 0.25) is 0 Å². The highest BCUT2D eigenvalue weighted by Crippen LogP contribution is 2.55. The summed E-state index contributed by atoms with van der Waals surface area (Å²) in [6.07, 6.45) is 4.46. The molecule has 1 saturated heterocycles. The summed E-state index contributed by atoms with van der Waals surface area (Å²) in [4.78, 5) is 25.1. The number of hydrogen-bond acceptors (Lipinski definition) is 5. The Hall–Kier alpha value is -2.80. The standard InChI is InChI=1S/C24H25FN4OS/c1-16-27-21(22(31-16)17-6-3-2-4-7-17)23(30)29-13-12-24(10-11-24)14-18(29)15-26-20-9-5-8-19(25)28-20/h2-9,18H,10-15H2,1H3,(H,26,28)/t18-/m0/s1. The smallest absolute Gasteiger partial charge is 0.274 e. The van der Waals surface area contributed by atoms with Gasteiger partial charge in [0.15, 0.2) is 0 Å². The van der Waals surface area contributed by atoms with Crippen LogP contribution in [0.15, 0.2) is 48.5 Å². The second-order valence-electron chi connectivity index (χ2n) is 8.61. The summed E-state index contributed by atoms with van der Waals surface area (Å²) < 4.78 is 13.5. The van der Waals surface area contributed by atoms with Gasteiger partial charge in [-0.15, -0.1) is 11.3 Å². The maximum atomic E-state index is 13.7. The predicted molar refractivity (Wildman–Crippen MR) is 121 cm³/mol. The van der Waals surface area contributed by atoms with Gasteiger partial charge < -0.3 is 10.2 Å². The first kappa shape index (κ1) is 20.1. The van der Waals surface area contributed by atoms with Gasteiger partial charge in [-0.2, -0.15) is 4.39 Å². The van der Waals surface area contributed by atoms with Crippen molar-refractivity contribution in [3.05, 3.63) is 65.2 Å². The number of hydrogen-bond donors (Lipinski definition) is 1. The first-order chi connectivity index (χ1) is 15.0. The van der Waals surface area contributed by atoms with Crippen LogP contribution in [0.25, 0.3) is 10.4 Å². The summed E-state index contributed by atoms with van der Waals surface area (Å²) in [6.45, 7) is 3.22. The molecule has 2 aliphatic rings. The number of rotatable bonds is 5. The van der Waals surface area contributed by atoms with Crippen molar-refractivity contribution in [3.63, 3.8) is 0 Å². The number of pyridine rings is 1. The van der Waals surface area contributed by atoms with Crippen molar-refractivity contribution >= 4 is 23.1 Å². The minimum absolute atomic E-state index is 0.0160. The second kappa shape index (κ2) is 8.04. The van der Waals surface area contributed by atoms with E-state index in [-0.39, 0.29) is 11.9 Å². The van der Waals surface area contributed by atoms with Gasteiger partial charge in [-0.3, -0.25) is 4.79 Å². The number of nitrogens with one attached hydrogen (secondary N) is 1. The third kappa shape index (κ3) is 4.19. The fourth-order valence-corrected chi connectivity index (χ4v) is 5.47. The largest absolute Gasteiger partial charge is 0.368 e. The highest BCUT2D eigenvalue weighted by molar-refractivity contribution is 7.15. The number of carbonyl (C=O) groups excluding carboxylic acids is 1. The zero-order valence-corrected chi connectivity index (χ0v) is 18.3. The van der Waals surface area contributed by atoms with Gasteiger partial charge in [0.05, 0.1) is 9.88 Å². The Labute approximate surface area is 185 Å². The molecule has 0 bridgehead atoms. The Morgan fingerprint density at radius 3 is 2.71 bits per heavy atom. The number of amides is 1. The maximum absolute atomic E-state index is 13.7. The number of halogens is 1. The normalized spacial score (nSPS) is 19.4. The summed E-state index contributed by atoms with van der Waals surface area (Å²) in [7, 11) is 0. The lowest BCUT2D eigenvalue weighted by Crippen LogP contribution is -2.50. The van der Waals surface area contributed by atoms with Crippen LogP contribution in [0.4, 0.5) is 10.2 Å². The summed E-state index contributed by atoms with van der Waals surface area (Å²) in [5.74, 6) is -0.0271. The number of nitrogens with zero attached hydrogens (tertiary/aromatic N) is 3. The van der Waals surface area contributed by atoms with Gasteiger partial charge in [0.2, 0.25) is 5.95 Å². The monoisotopic (exact) mass is 436 g/mol. The molecule has 0 unspecified atom stereocenters. The van der Waals surface area contributed by atoms with Crippen LogP contribution in [-0.4, -0.2) is 39.9 Å². The predicted octanol–water partition coefficient (Wildman–Crippen LogP) is 5.15. The molecule has 0 radical (unpaired) electrons. The quantitative estimate of drug-likeness (QED) is 0.562. The number of likely N-dealkylation sites (tertiary alicyclic amines) is 1. The van der Waals surface area contributed by atoms with Crippen molar-refractivity contribution < 1.29 is 9.18 Å². The van der Waals surface area contributed by atoms with Crippen LogP contribution in [0.1, 0.15) is 41.2 Å². The van der Waals surface area contributed by atoms with Crippen LogP contribution in [0, 0.1) is 18.3 Å².